The summed E-state index contributed by atoms with van der Waals surface area (Å²) in [5, 5.41) is 5.79. The number of nitrogen functional groups attached to an aromatic ring is 1. The van der Waals surface area contributed by atoms with Crippen molar-refractivity contribution in [1.29, 1.82) is 0 Å². The fourth-order valence-corrected chi connectivity index (χ4v) is 5.31. The summed E-state index contributed by atoms with van der Waals surface area (Å²) in [6.07, 6.45) is 2.51. The van der Waals surface area contributed by atoms with Crippen molar-refractivity contribution < 1.29 is 27.8 Å². The number of aromatic nitrogens is 2. The molecule has 4 N–H and O–H groups in total. The van der Waals surface area contributed by atoms with Gasteiger partial charge in [0.15, 0.2) is 5.83 Å². The van der Waals surface area contributed by atoms with Crippen LogP contribution in [-0.4, -0.2) is 53.9 Å². The topological polar surface area (TPSA) is 120 Å². The van der Waals surface area contributed by atoms with Crippen molar-refractivity contribution in [3.05, 3.63) is 72.2 Å². The lowest BCUT2D eigenvalue weighted by Crippen LogP contribution is -2.31. The molecular formula is C34H31F2N5O4. The first-order valence-corrected chi connectivity index (χ1v) is 14.4. The monoisotopic (exact) mass is 611 g/mol. The molecule has 0 bridgehead atoms. The Bertz CT molecular complexity index is 1910. The first-order chi connectivity index (χ1) is 21.6. The number of anilines is 2. The normalized spacial score (nSPS) is 15.0. The molecule has 2 fully saturated rings. The number of aryl methyl sites for hydroxylation is 1. The fraction of sp³-hybridized carbons (Fsp3) is 0.265. The zero-order chi connectivity index (χ0) is 31.9. The number of alkyl halides is 1. The average molecular weight is 612 g/mol. The first kappa shape index (κ1) is 29.8. The highest BCUT2D eigenvalue weighted by Crippen LogP contribution is 2.45. The maximum atomic E-state index is 14.2. The molecule has 2 amide bonds. The number of hydrogen-bond acceptors (Lipinski definition) is 6. The van der Waals surface area contributed by atoms with Gasteiger partial charge in [-0.05, 0) is 48.2 Å². The van der Waals surface area contributed by atoms with E-state index in [0.29, 0.717) is 59.6 Å². The van der Waals surface area contributed by atoms with Crippen molar-refractivity contribution in [3.8, 4) is 40.0 Å². The van der Waals surface area contributed by atoms with Crippen LogP contribution < -0.4 is 21.1 Å². The molecular weight excluding hydrogens is 580 g/mol. The Kier molecular flexibility index (Phi) is 7.76. The molecule has 1 aliphatic heterocycles. The van der Waals surface area contributed by atoms with E-state index in [1.807, 2.05) is 11.6 Å². The minimum atomic E-state index is -1.34. The number of ether oxygens (including phenoxy) is 2. The number of rotatable bonds is 8. The van der Waals surface area contributed by atoms with Crippen LogP contribution >= 0.6 is 0 Å². The van der Waals surface area contributed by atoms with Crippen molar-refractivity contribution in [1.82, 2.24) is 14.9 Å². The van der Waals surface area contributed by atoms with Gasteiger partial charge in [-0.2, -0.15) is 0 Å². The molecule has 0 unspecified atom stereocenters. The SMILES string of the molecule is C=C(F)C(=O)Nc1ccc(-c2c(-c3ccc(C(=O)NCC4(F)CC4)c(OC)c3)c3c(N)ncc(C#CC4COC4)c3n2C)cc1. The number of nitrogens with two attached hydrogens (primary N) is 1. The molecule has 11 heteroatoms. The molecule has 0 spiro atoms. The van der Waals surface area contributed by atoms with Crippen LogP contribution in [0.5, 0.6) is 5.75 Å². The number of fused-ring (bicyclic) bond motifs is 1. The molecule has 6 rings (SSSR count). The standard InChI is InChI=1S/C34H31F2N5O4/c1-19(35)32(42)40-24-9-6-21(7-10-24)29-27(22-8-11-25(26(14-22)44-3)33(43)39-18-34(36)12-13-34)28-30(41(29)2)23(15-38-31(28)37)5-4-20-16-45-17-20/h6-11,14-15,20H,1,12-13,16-18H2,2-3H3,(H2,37,38)(H,39,43)(H,40,42). The highest BCUT2D eigenvalue weighted by Gasteiger charge is 2.43. The van der Waals surface area contributed by atoms with Crippen LogP contribution in [0.15, 0.2) is 61.1 Å². The Hall–Kier alpha value is -5.21. The van der Waals surface area contributed by atoms with Gasteiger partial charge in [-0.15, -0.1) is 0 Å². The highest BCUT2D eigenvalue weighted by atomic mass is 19.1. The number of halogens is 2. The number of pyridine rings is 1. The van der Waals surface area contributed by atoms with Crippen LogP contribution in [0, 0.1) is 17.8 Å². The smallest absolute Gasteiger partial charge is 0.283 e. The van der Waals surface area contributed by atoms with E-state index < -0.39 is 23.3 Å². The summed E-state index contributed by atoms with van der Waals surface area (Å²) >= 11 is 0. The van der Waals surface area contributed by atoms with Gasteiger partial charge in [0.1, 0.15) is 17.2 Å². The van der Waals surface area contributed by atoms with Gasteiger partial charge in [-0.25, -0.2) is 13.8 Å². The van der Waals surface area contributed by atoms with Gasteiger partial charge >= 0.3 is 0 Å². The van der Waals surface area contributed by atoms with Gasteiger partial charge in [0.2, 0.25) is 0 Å². The lowest BCUT2D eigenvalue weighted by Gasteiger charge is -2.20. The second kappa shape index (κ2) is 11.7. The summed E-state index contributed by atoms with van der Waals surface area (Å²) in [4.78, 5) is 29.3. The summed E-state index contributed by atoms with van der Waals surface area (Å²) in [7, 11) is 3.36. The van der Waals surface area contributed by atoms with Crippen LogP contribution in [0.1, 0.15) is 28.8 Å². The molecule has 2 aromatic carbocycles. The first-order valence-electron chi connectivity index (χ1n) is 14.4. The predicted molar refractivity (Wildman–Crippen MR) is 168 cm³/mol. The molecule has 1 saturated heterocycles. The second-order valence-electron chi connectivity index (χ2n) is 11.3. The molecule has 1 saturated carbocycles. The van der Waals surface area contributed by atoms with Crippen LogP contribution in [0.2, 0.25) is 0 Å². The lowest BCUT2D eigenvalue weighted by atomic mass is 9.96. The van der Waals surface area contributed by atoms with Crippen molar-refractivity contribution in [2.75, 3.05) is 37.9 Å². The molecule has 230 valence electrons. The number of nitrogens with one attached hydrogen (secondary N) is 2. The Labute approximate surface area is 258 Å². The number of carbonyl (C=O) groups excluding carboxylic acids is 2. The summed E-state index contributed by atoms with van der Waals surface area (Å²) < 4.78 is 40.4. The van der Waals surface area contributed by atoms with Gasteiger partial charge < -0.3 is 30.4 Å². The van der Waals surface area contributed by atoms with Crippen LogP contribution in [0.4, 0.5) is 20.3 Å². The summed E-state index contributed by atoms with van der Waals surface area (Å²) in [6, 6.07) is 12.0. The second-order valence-corrected chi connectivity index (χ2v) is 11.3. The largest absolute Gasteiger partial charge is 0.496 e. The Balaban J connectivity index is 1.50. The average Bonchev–Trinajstić information content (AvgIpc) is 3.66. The molecule has 0 radical (unpaired) electrons. The van der Waals surface area contributed by atoms with Crippen molar-refractivity contribution in [2.45, 2.75) is 18.5 Å². The van der Waals surface area contributed by atoms with Crippen LogP contribution in [0.3, 0.4) is 0 Å². The third-order valence-corrected chi connectivity index (χ3v) is 8.04. The molecule has 2 aliphatic rings. The third kappa shape index (κ3) is 5.84. The number of nitrogens with zero attached hydrogens (tertiary/aromatic N) is 2. The number of amides is 2. The van der Waals surface area contributed by atoms with E-state index >= 15 is 0 Å². The summed E-state index contributed by atoms with van der Waals surface area (Å²) in [5.41, 5.74) is 10.2. The Morgan fingerprint density at radius 1 is 1.20 bits per heavy atom. The quantitative estimate of drug-likeness (QED) is 0.187. The molecule has 0 atom stereocenters. The minimum Gasteiger partial charge on any atom is -0.496 e. The van der Waals surface area contributed by atoms with Gasteiger partial charge in [-0.1, -0.05) is 36.6 Å². The van der Waals surface area contributed by atoms with E-state index in [1.165, 1.54) is 7.11 Å². The molecule has 1 aliphatic carbocycles. The zero-order valence-corrected chi connectivity index (χ0v) is 24.8. The number of methoxy groups -OCH3 is 1. The third-order valence-electron chi connectivity index (χ3n) is 8.04. The molecule has 3 heterocycles. The van der Waals surface area contributed by atoms with E-state index in [9.17, 15) is 18.4 Å². The van der Waals surface area contributed by atoms with E-state index in [1.54, 1.807) is 48.7 Å². The van der Waals surface area contributed by atoms with Crippen molar-refractivity contribution in [2.24, 2.45) is 13.0 Å². The maximum Gasteiger partial charge on any atom is 0.283 e. The Morgan fingerprint density at radius 3 is 2.53 bits per heavy atom. The lowest BCUT2D eigenvalue weighted by molar-refractivity contribution is -0.114. The number of carbonyl (C=O) groups is 2. The molecule has 2 aromatic heterocycles. The molecule has 45 heavy (non-hydrogen) atoms. The Morgan fingerprint density at radius 2 is 1.91 bits per heavy atom. The molecule has 4 aromatic rings. The number of hydrogen-bond donors (Lipinski definition) is 3. The van der Waals surface area contributed by atoms with E-state index in [2.05, 4.69) is 34.0 Å². The maximum absolute atomic E-state index is 14.2. The van der Waals surface area contributed by atoms with Crippen molar-refractivity contribution >= 4 is 34.2 Å². The van der Waals surface area contributed by atoms with E-state index in [4.69, 9.17) is 15.2 Å². The summed E-state index contributed by atoms with van der Waals surface area (Å²) in [6.45, 7) is 4.13. The predicted octanol–water partition coefficient (Wildman–Crippen LogP) is 5.15. The molecule has 9 nitrogen and oxygen atoms in total. The zero-order valence-electron chi connectivity index (χ0n) is 24.8. The van der Waals surface area contributed by atoms with Gasteiger partial charge in [-0.3, -0.25) is 9.59 Å². The van der Waals surface area contributed by atoms with Crippen LogP contribution in [-0.2, 0) is 16.6 Å². The highest BCUT2D eigenvalue weighted by molar-refractivity contribution is 6.11. The van der Waals surface area contributed by atoms with E-state index in [-0.39, 0.29) is 23.8 Å². The minimum absolute atomic E-state index is 0.0565. The van der Waals surface area contributed by atoms with Gasteiger partial charge in [0, 0.05) is 24.5 Å². The number of benzene rings is 2. The van der Waals surface area contributed by atoms with Gasteiger partial charge in [0.25, 0.3) is 11.8 Å². The van der Waals surface area contributed by atoms with E-state index in [0.717, 1.165) is 16.8 Å². The van der Waals surface area contributed by atoms with Crippen LogP contribution in [0.25, 0.3) is 33.3 Å². The fourth-order valence-electron chi connectivity index (χ4n) is 5.31. The van der Waals surface area contributed by atoms with Gasteiger partial charge in [0.05, 0.1) is 60.5 Å². The van der Waals surface area contributed by atoms with Crippen molar-refractivity contribution in [3.63, 3.8) is 0 Å². The summed E-state index contributed by atoms with van der Waals surface area (Å²) in [5.74, 6) is 4.75.